The molecule has 4 aromatic carbocycles. The van der Waals surface area contributed by atoms with E-state index < -0.39 is 50.8 Å². The predicted molar refractivity (Wildman–Crippen MR) is 173 cm³/mol. The van der Waals surface area contributed by atoms with Crippen LogP contribution in [-0.4, -0.2) is 59.0 Å². The molecule has 0 aliphatic rings. The summed E-state index contributed by atoms with van der Waals surface area (Å²) in [5.74, 6) is -1.08. The molecule has 0 saturated heterocycles. The quantitative estimate of drug-likeness (QED) is 0.0789. The zero-order valence-corrected chi connectivity index (χ0v) is 27.6. The third-order valence-electron chi connectivity index (χ3n) is 6.54. The van der Waals surface area contributed by atoms with E-state index in [-0.39, 0.29) is 56.3 Å². The molecule has 0 amide bonds. The van der Waals surface area contributed by atoms with E-state index in [1.807, 2.05) is 0 Å². The molecule has 0 saturated carbocycles. The molecule has 0 fully saturated rings. The molecule has 1 heterocycles. The first-order valence-corrected chi connectivity index (χ1v) is 17.8. The molecule has 1 aromatic heterocycles. The molecule has 0 aliphatic heterocycles. The fraction of sp³-hybridized carbons (Fsp3) is 0.0741. The smallest absolute Gasteiger partial charge is 0.296 e. The van der Waals surface area contributed by atoms with Crippen molar-refractivity contribution in [3.63, 3.8) is 0 Å². The fourth-order valence-corrected chi connectivity index (χ4v) is 6.39. The minimum absolute atomic E-state index is 0.0623. The van der Waals surface area contributed by atoms with Gasteiger partial charge in [-0.2, -0.15) is 40.2 Å². The lowest BCUT2D eigenvalue weighted by atomic mass is 10.0. The minimum atomic E-state index is -4.79. The lowest BCUT2D eigenvalue weighted by molar-refractivity contribution is 0.480. The molecule has 0 bridgehead atoms. The molecular weight excluding hydrogens is 714 g/mol. The number of nitrogens with one attached hydrogen (secondary N) is 2. The highest BCUT2D eigenvalue weighted by molar-refractivity contribution is 7.86. The number of hydrogen-bond acceptors (Lipinski definition) is 14. The van der Waals surface area contributed by atoms with E-state index >= 15 is 0 Å². The highest BCUT2D eigenvalue weighted by Gasteiger charge is 2.21. The van der Waals surface area contributed by atoms with Crippen LogP contribution in [0.1, 0.15) is 11.1 Å². The van der Waals surface area contributed by atoms with Crippen molar-refractivity contribution in [3.8, 4) is 5.75 Å². The van der Waals surface area contributed by atoms with Gasteiger partial charge in [0.25, 0.3) is 30.4 Å². The van der Waals surface area contributed by atoms with E-state index in [0.717, 1.165) is 24.3 Å². The number of azo groups is 1. The largest absolute Gasteiger partial charge is 0.505 e. The van der Waals surface area contributed by atoms with Gasteiger partial charge >= 0.3 is 0 Å². The second kappa shape index (κ2) is 12.6. The topological polar surface area (TPSA) is 271 Å². The van der Waals surface area contributed by atoms with Gasteiger partial charge in [0.1, 0.15) is 16.3 Å². The number of halogens is 1. The first kappa shape index (κ1) is 34.5. The van der Waals surface area contributed by atoms with Crippen LogP contribution in [0.25, 0.3) is 10.8 Å². The van der Waals surface area contributed by atoms with Gasteiger partial charge in [0.05, 0.1) is 15.5 Å². The van der Waals surface area contributed by atoms with Crippen LogP contribution in [-0.2, 0) is 30.4 Å². The van der Waals surface area contributed by atoms with E-state index in [2.05, 4.69) is 35.8 Å². The number of aromatic nitrogens is 3. The number of benzene rings is 4. The molecule has 0 atom stereocenters. The number of rotatable bonds is 9. The molecule has 0 radical (unpaired) electrons. The van der Waals surface area contributed by atoms with Crippen molar-refractivity contribution in [1.82, 2.24) is 15.0 Å². The lowest BCUT2D eigenvalue weighted by Gasteiger charge is -2.15. The van der Waals surface area contributed by atoms with Crippen LogP contribution in [0.4, 0.5) is 34.6 Å². The molecule has 5 aromatic rings. The number of aromatic hydroxyl groups is 1. The summed E-state index contributed by atoms with van der Waals surface area (Å²) in [4.78, 5) is 10.5. The Kier molecular flexibility index (Phi) is 9.09. The Hall–Kier alpha value is -4.83. The van der Waals surface area contributed by atoms with Gasteiger partial charge in [0, 0.05) is 11.1 Å². The molecule has 250 valence electrons. The average molecular weight is 736 g/mol. The predicted octanol–water partition coefficient (Wildman–Crippen LogP) is 5.64. The van der Waals surface area contributed by atoms with E-state index in [1.54, 1.807) is 6.92 Å². The maximum Gasteiger partial charge on any atom is 0.296 e. The molecular formula is C27H22ClN7O10S3. The van der Waals surface area contributed by atoms with Crippen molar-refractivity contribution in [3.05, 3.63) is 77.1 Å². The summed E-state index contributed by atoms with van der Waals surface area (Å²) in [6.07, 6.45) is 0. The van der Waals surface area contributed by atoms with Gasteiger partial charge < -0.3 is 15.7 Å². The summed E-state index contributed by atoms with van der Waals surface area (Å²) in [5.41, 5.74) is 0.325. The molecule has 0 aliphatic carbocycles. The Labute approximate surface area is 277 Å². The van der Waals surface area contributed by atoms with Gasteiger partial charge in [-0.25, -0.2) is 0 Å². The standard InChI is InChI=1S/C27H22ClN7O10S3/c1-13-6-7-19(21(8-13)48(43,44)45)34-35-23-14(2)9-15-10-18(47(40,41)42)12-20(22(15)24(23)36)30-27-32-25(28)31-26(33-27)29-16-4-3-5-17(11-16)46(37,38)39/h3-12,36H,1-2H3,(H,37,38,39)(H,40,41,42)(H,43,44,45)(H2,29,30,31,32,33). The number of nitrogens with zero attached hydrogens (tertiary/aromatic N) is 5. The zero-order valence-electron chi connectivity index (χ0n) is 24.4. The van der Waals surface area contributed by atoms with Crippen LogP contribution >= 0.6 is 11.6 Å². The van der Waals surface area contributed by atoms with Crippen LogP contribution in [0.5, 0.6) is 5.75 Å². The number of anilines is 4. The third kappa shape index (κ3) is 7.65. The van der Waals surface area contributed by atoms with Crippen LogP contribution in [0, 0.1) is 13.8 Å². The van der Waals surface area contributed by atoms with E-state index in [4.69, 9.17) is 11.6 Å². The van der Waals surface area contributed by atoms with Crippen LogP contribution in [0.2, 0.25) is 5.28 Å². The summed E-state index contributed by atoms with van der Waals surface area (Å²) in [5, 5.41) is 24.4. The number of hydrogen-bond donors (Lipinski definition) is 6. The van der Waals surface area contributed by atoms with Crippen molar-refractivity contribution in [2.24, 2.45) is 10.2 Å². The SMILES string of the molecule is Cc1ccc(N=Nc2c(C)cc3cc(S(=O)(=O)O)cc(Nc4nc(Cl)nc(Nc5cccc(S(=O)(=O)O)c5)n4)c3c2O)c(S(=O)(=O)O)c1. The van der Waals surface area contributed by atoms with Crippen LogP contribution in [0.3, 0.4) is 0 Å². The molecule has 5 rings (SSSR count). The second-order valence-electron chi connectivity index (χ2n) is 10.1. The van der Waals surface area contributed by atoms with Crippen molar-refractivity contribution in [1.29, 1.82) is 0 Å². The number of phenolic OH excluding ortho intramolecular Hbond substituents is 1. The van der Waals surface area contributed by atoms with Gasteiger partial charge in [-0.3, -0.25) is 13.7 Å². The Balaban J connectivity index is 1.62. The fourth-order valence-electron chi connectivity index (χ4n) is 4.46. The van der Waals surface area contributed by atoms with Crippen molar-refractivity contribution >= 4 is 87.4 Å². The van der Waals surface area contributed by atoms with Gasteiger partial charge in [-0.15, -0.1) is 10.2 Å². The van der Waals surface area contributed by atoms with Crippen molar-refractivity contribution in [2.75, 3.05) is 10.6 Å². The summed E-state index contributed by atoms with van der Waals surface area (Å²) < 4.78 is 100. The zero-order chi connectivity index (χ0) is 35.2. The summed E-state index contributed by atoms with van der Waals surface area (Å²) in [6.45, 7) is 3.10. The van der Waals surface area contributed by atoms with Gasteiger partial charge in [-0.1, -0.05) is 12.1 Å². The molecule has 6 N–H and O–H groups in total. The monoisotopic (exact) mass is 735 g/mol. The maximum absolute atomic E-state index is 12.2. The van der Waals surface area contributed by atoms with E-state index in [9.17, 15) is 44.0 Å². The van der Waals surface area contributed by atoms with Crippen LogP contribution in [0.15, 0.2) is 85.6 Å². The lowest BCUT2D eigenvalue weighted by Crippen LogP contribution is -2.06. The first-order valence-electron chi connectivity index (χ1n) is 13.1. The normalized spacial score (nSPS) is 12.5. The highest BCUT2D eigenvalue weighted by atomic mass is 35.5. The Morgan fingerprint density at radius 2 is 1.40 bits per heavy atom. The van der Waals surface area contributed by atoms with Gasteiger partial charge in [-0.05, 0) is 90.5 Å². The number of fused-ring (bicyclic) bond motifs is 1. The highest BCUT2D eigenvalue weighted by Crippen LogP contribution is 2.44. The molecule has 21 heteroatoms. The van der Waals surface area contributed by atoms with Crippen LogP contribution < -0.4 is 10.6 Å². The van der Waals surface area contributed by atoms with Crippen molar-refractivity contribution in [2.45, 2.75) is 28.5 Å². The first-order chi connectivity index (χ1) is 22.3. The Morgan fingerprint density at radius 3 is 2.04 bits per heavy atom. The van der Waals surface area contributed by atoms with Gasteiger partial charge in [0.2, 0.25) is 17.2 Å². The average Bonchev–Trinajstić information content (AvgIpc) is 2.95. The van der Waals surface area contributed by atoms with E-state index in [1.165, 1.54) is 43.3 Å². The summed E-state index contributed by atoms with van der Waals surface area (Å²) in [7, 11) is -14.0. The Morgan fingerprint density at radius 1 is 0.729 bits per heavy atom. The summed E-state index contributed by atoms with van der Waals surface area (Å²) in [6, 6.07) is 12.5. The maximum atomic E-state index is 12.2. The number of aryl methyl sites for hydroxylation is 2. The molecule has 48 heavy (non-hydrogen) atoms. The van der Waals surface area contributed by atoms with E-state index in [0.29, 0.717) is 5.56 Å². The van der Waals surface area contributed by atoms with Gasteiger partial charge in [0.15, 0.2) is 5.75 Å². The Bertz CT molecular complexity index is 2500. The number of phenols is 1. The summed E-state index contributed by atoms with van der Waals surface area (Å²) >= 11 is 6.09. The third-order valence-corrected chi connectivity index (χ3v) is 9.27. The molecule has 0 spiro atoms. The second-order valence-corrected chi connectivity index (χ2v) is 14.7. The molecule has 17 nitrogen and oxygen atoms in total. The van der Waals surface area contributed by atoms with Crippen molar-refractivity contribution < 1.29 is 44.0 Å². The minimum Gasteiger partial charge on any atom is -0.505 e. The molecule has 0 unspecified atom stereocenters.